The Labute approximate surface area is 116 Å². The summed E-state index contributed by atoms with van der Waals surface area (Å²) in [6, 6.07) is 8.67. The molecule has 96 valence electrons. The second kappa shape index (κ2) is 6.87. The van der Waals surface area contributed by atoms with Gasteiger partial charge in [-0.1, -0.05) is 60.7 Å². The van der Waals surface area contributed by atoms with E-state index in [1.165, 1.54) is 17.5 Å². The van der Waals surface area contributed by atoms with Gasteiger partial charge in [-0.25, -0.2) is 0 Å². The first-order valence-corrected chi connectivity index (χ1v) is 7.89. The lowest BCUT2D eigenvalue weighted by Gasteiger charge is -2.11. The summed E-state index contributed by atoms with van der Waals surface area (Å²) in [7, 11) is 0. The molecule has 0 radical (unpaired) electrons. The zero-order valence-electron chi connectivity index (χ0n) is 10.4. The van der Waals surface area contributed by atoms with Gasteiger partial charge in [-0.2, -0.15) is 0 Å². The predicted octanol–water partition coefficient (Wildman–Crippen LogP) is 3.28. The Morgan fingerprint density at radius 1 is 1.33 bits per heavy atom. The highest BCUT2D eigenvalue weighted by atomic mass is 32.2. The highest BCUT2D eigenvalue weighted by Crippen LogP contribution is 2.24. The third-order valence-electron chi connectivity index (χ3n) is 2.67. The number of nitrogens with zero attached hydrogens (tertiary/aromatic N) is 2. The predicted molar refractivity (Wildman–Crippen MR) is 78.0 cm³/mol. The lowest BCUT2D eigenvalue weighted by Crippen LogP contribution is -2.12. The Bertz CT molecular complexity index is 454. The number of nitrogens with two attached hydrogens (primary N) is 1. The van der Waals surface area contributed by atoms with E-state index in [4.69, 9.17) is 5.73 Å². The maximum absolute atomic E-state index is 6.17. The molecule has 2 rings (SSSR count). The smallest absolute Gasteiger partial charge is 0.174 e. The van der Waals surface area contributed by atoms with Crippen molar-refractivity contribution < 1.29 is 0 Å². The second-order valence-electron chi connectivity index (χ2n) is 4.11. The lowest BCUT2D eigenvalue weighted by atomic mass is 10.0. The van der Waals surface area contributed by atoms with Crippen LogP contribution in [0.1, 0.15) is 30.5 Å². The van der Waals surface area contributed by atoms with Gasteiger partial charge in [0.05, 0.1) is 0 Å². The number of hydrogen-bond donors (Lipinski definition) is 1. The van der Waals surface area contributed by atoms with Crippen LogP contribution < -0.4 is 5.73 Å². The van der Waals surface area contributed by atoms with Crippen molar-refractivity contribution in [2.24, 2.45) is 5.73 Å². The largest absolute Gasteiger partial charge is 0.323 e. The number of hydrogen-bond acceptors (Lipinski definition) is 5. The summed E-state index contributed by atoms with van der Waals surface area (Å²) < 4.78 is 0.980. The maximum Gasteiger partial charge on any atom is 0.174 e. The van der Waals surface area contributed by atoms with E-state index < -0.39 is 0 Å². The summed E-state index contributed by atoms with van der Waals surface area (Å²) in [5.74, 6) is 0.836. The van der Waals surface area contributed by atoms with Gasteiger partial charge in [0.2, 0.25) is 0 Å². The van der Waals surface area contributed by atoms with Gasteiger partial charge in [-0.15, -0.1) is 10.2 Å². The summed E-state index contributed by atoms with van der Waals surface area (Å²) in [6.45, 7) is 2.19. The van der Waals surface area contributed by atoms with Gasteiger partial charge >= 0.3 is 0 Å². The number of thioether (sulfide) groups is 1. The van der Waals surface area contributed by atoms with Crippen molar-refractivity contribution in [2.45, 2.75) is 30.1 Å². The van der Waals surface area contributed by atoms with E-state index in [1.807, 2.05) is 0 Å². The molecule has 0 spiro atoms. The molecule has 0 aliphatic rings. The summed E-state index contributed by atoms with van der Waals surface area (Å²) >= 11 is 3.22. The lowest BCUT2D eigenvalue weighted by molar-refractivity contribution is 0.827. The minimum atomic E-state index is 0.0505. The molecule has 0 saturated heterocycles. The van der Waals surface area contributed by atoms with E-state index in [-0.39, 0.29) is 6.04 Å². The minimum Gasteiger partial charge on any atom is -0.323 e. The first-order chi connectivity index (χ1) is 8.79. The van der Waals surface area contributed by atoms with Crippen LogP contribution in [0.2, 0.25) is 0 Å². The first kappa shape index (κ1) is 13.5. The molecule has 0 fully saturated rings. The van der Waals surface area contributed by atoms with Gasteiger partial charge in [0, 0.05) is 11.8 Å². The van der Waals surface area contributed by atoms with Gasteiger partial charge in [-0.3, -0.25) is 0 Å². The normalized spacial score (nSPS) is 12.6. The van der Waals surface area contributed by atoms with Crippen molar-refractivity contribution in [1.82, 2.24) is 10.2 Å². The Morgan fingerprint density at radius 3 is 2.72 bits per heavy atom. The molecule has 1 aromatic heterocycles. The SMILES string of the molecule is CCCc1ccc(C(N)CSc2nncs2)cc1. The van der Waals surface area contributed by atoms with Crippen molar-refractivity contribution in [1.29, 1.82) is 0 Å². The Balaban J connectivity index is 1.89. The number of aryl methyl sites for hydroxylation is 1. The van der Waals surface area contributed by atoms with Crippen molar-refractivity contribution in [3.05, 3.63) is 40.9 Å². The molecule has 2 N–H and O–H groups in total. The molecule has 1 aromatic carbocycles. The molecule has 0 aliphatic heterocycles. The maximum atomic E-state index is 6.17. The fourth-order valence-corrected chi connectivity index (χ4v) is 3.21. The quantitative estimate of drug-likeness (QED) is 0.824. The topological polar surface area (TPSA) is 51.8 Å². The molecule has 18 heavy (non-hydrogen) atoms. The monoisotopic (exact) mass is 279 g/mol. The molecule has 0 aliphatic carbocycles. The average molecular weight is 279 g/mol. The van der Waals surface area contributed by atoms with Gasteiger partial charge < -0.3 is 5.73 Å². The molecule has 1 heterocycles. The highest BCUT2D eigenvalue weighted by molar-refractivity contribution is 8.01. The molecule has 0 bridgehead atoms. The molecule has 3 nitrogen and oxygen atoms in total. The zero-order valence-corrected chi connectivity index (χ0v) is 12.0. The van der Waals surface area contributed by atoms with Crippen LogP contribution in [0.3, 0.4) is 0 Å². The van der Waals surface area contributed by atoms with E-state index in [9.17, 15) is 0 Å². The fourth-order valence-electron chi connectivity index (χ4n) is 1.70. The van der Waals surface area contributed by atoms with Crippen molar-refractivity contribution in [2.75, 3.05) is 5.75 Å². The Kier molecular flexibility index (Phi) is 5.16. The number of benzene rings is 1. The third kappa shape index (κ3) is 3.80. The molecule has 1 unspecified atom stereocenters. The molecular formula is C13H17N3S2. The van der Waals surface area contributed by atoms with Crippen LogP contribution >= 0.6 is 23.1 Å². The van der Waals surface area contributed by atoms with E-state index in [0.717, 1.165) is 16.5 Å². The van der Waals surface area contributed by atoms with Crippen molar-refractivity contribution in [3.63, 3.8) is 0 Å². The van der Waals surface area contributed by atoms with E-state index in [2.05, 4.69) is 41.4 Å². The van der Waals surface area contributed by atoms with Crippen LogP contribution in [0.15, 0.2) is 34.1 Å². The first-order valence-electron chi connectivity index (χ1n) is 6.03. The van der Waals surface area contributed by atoms with E-state index in [1.54, 1.807) is 28.6 Å². The van der Waals surface area contributed by atoms with Crippen LogP contribution in [0.5, 0.6) is 0 Å². The van der Waals surface area contributed by atoms with Crippen LogP contribution in [-0.4, -0.2) is 16.0 Å². The standard InChI is InChI=1S/C13H17N3S2/c1-2-3-10-4-6-11(7-5-10)12(14)8-17-13-16-15-9-18-13/h4-7,9,12H,2-3,8,14H2,1H3. The van der Waals surface area contributed by atoms with Crippen molar-refractivity contribution in [3.8, 4) is 0 Å². The Hall–Kier alpha value is -0.910. The van der Waals surface area contributed by atoms with Gasteiger partial charge in [0.25, 0.3) is 0 Å². The minimum absolute atomic E-state index is 0.0505. The van der Waals surface area contributed by atoms with E-state index in [0.29, 0.717) is 0 Å². The highest BCUT2D eigenvalue weighted by Gasteiger charge is 2.08. The summed E-state index contributed by atoms with van der Waals surface area (Å²) in [6.07, 6.45) is 2.31. The summed E-state index contributed by atoms with van der Waals surface area (Å²) in [5, 5.41) is 7.81. The third-order valence-corrected chi connectivity index (χ3v) is 4.65. The van der Waals surface area contributed by atoms with Crippen molar-refractivity contribution >= 4 is 23.1 Å². The summed E-state index contributed by atoms with van der Waals surface area (Å²) in [4.78, 5) is 0. The van der Waals surface area contributed by atoms with Crippen LogP contribution in [0.25, 0.3) is 0 Å². The fraction of sp³-hybridized carbons (Fsp3) is 0.385. The molecule has 5 heteroatoms. The molecule has 2 aromatic rings. The summed E-state index contributed by atoms with van der Waals surface area (Å²) in [5.41, 5.74) is 10.5. The van der Waals surface area contributed by atoms with E-state index >= 15 is 0 Å². The van der Waals surface area contributed by atoms with Crippen LogP contribution in [0, 0.1) is 0 Å². The second-order valence-corrected chi connectivity index (χ2v) is 6.21. The van der Waals surface area contributed by atoms with Crippen LogP contribution in [0.4, 0.5) is 0 Å². The average Bonchev–Trinajstić information content (AvgIpc) is 2.90. The molecule has 0 amide bonds. The molecular weight excluding hydrogens is 262 g/mol. The van der Waals surface area contributed by atoms with Gasteiger partial charge in [0.1, 0.15) is 5.51 Å². The molecule has 1 atom stereocenters. The Morgan fingerprint density at radius 2 is 2.11 bits per heavy atom. The zero-order chi connectivity index (χ0) is 12.8. The number of aromatic nitrogens is 2. The molecule has 0 saturated carbocycles. The van der Waals surface area contributed by atoms with Gasteiger partial charge in [0.15, 0.2) is 4.34 Å². The van der Waals surface area contributed by atoms with Crippen LogP contribution in [-0.2, 0) is 6.42 Å². The van der Waals surface area contributed by atoms with Gasteiger partial charge in [-0.05, 0) is 17.5 Å². The number of rotatable bonds is 6.